The molecule has 0 bridgehead atoms. The first-order valence-electron chi connectivity index (χ1n) is 6.76. The summed E-state index contributed by atoms with van der Waals surface area (Å²) in [5.41, 5.74) is 2.87. The second-order valence-electron chi connectivity index (χ2n) is 5.25. The largest absolute Gasteiger partial charge is 0.415 e. The molecule has 0 saturated heterocycles. The van der Waals surface area contributed by atoms with Gasteiger partial charge in [-0.25, -0.2) is 4.79 Å². The quantitative estimate of drug-likeness (QED) is 0.482. The van der Waals surface area contributed by atoms with Crippen LogP contribution in [0.1, 0.15) is 32.6 Å². The Labute approximate surface area is 127 Å². The van der Waals surface area contributed by atoms with Crippen molar-refractivity contribution in [2.45, 2.75) is 13.8 Å². The first-order valence-corrected chi connectivity index (χ1v) is 6.76. The molecule has 1 heterocycles. The molecule has 2 aromatic carbocycles. The van der Waals surface area contributed by atoms with Crippen LogP contribution >= 0.6 is 0 Å². The fourth-order valence-corrected chi connectivity index (χ4v) is 2.67. The van der Waals surface area contributed by atoms with Crippen LogP contribution in [-0.4, -0.2) is 10.9 Å². The zero-order chi connectivity index (χ0) is 15.9. The van der Waals surface area contributed by atoms with Gasteiger partial charge in [0.05, 0.1) is 16.1 Å². The van der Waals surface area contributed by atoms with E-state index < -0.39 is 10.9 Å². The average molecular weight is 295 g/mol. The molecule has 0 saturated carbocycles. The van der Waals surface area contributed by atoms with Crippen LogP contribution in [0.4, 0.5) is 0 Å². The first-order chi connectivity index (χ1) is 10.5. The normalized spacial score (nSPS) is 15.3. The van der Waals surface area contributed by atoms with Crippen molar-refractivity contribution in [3.63, 3.8) is 0 Å². The van der Waals surface area contributed by atoms with Crippen molar-refractivity contribution in [2.75, 3.05) is 0 Å². The molecule has 0 N–H and O–H groups in total. The number of carbonyl (C=O) groups excluding carboxylic acids is 1. The predicted octanol–water partition coefficient (Wildman–Crippen LogP) is 3.58. The van der Waals surface area contributed by atoms with Gasteiger partial charge in [-0.05, 0) is 32.0 Å². The highest BCUT2D eigenvalue weighted by Gasteiger charge is 2.34. The Kier molecular flexibility index (Phi) is 3.25. The van der Waals surface area contributed by atoms with Crippen molar-refractivity contribution in [1.82, 2.24) is 0 Å². The van der Waals surface area contributed by atoms with Gasteiger partial charge in [0.25, 0.3) is 0 Å². The van der Waals surface area contributed by atoms with Crippen LogP contribution in [0.3, 0.4) is 0 Å². The number of esters is 1. The second kappa shape index (κ2) is 5.11. The molecular formula is C17H13NO4. The average Bonchev–Trinajstić information content (AvgIpc) is 2.75. The smallest absolute Gasteiger partial charge is 0.344 e. The number of rotatable bonds is 2. The molecular weight excluding hydrogens is 282 g/mol. The van der Waals surface area contributed by atoms with Crippen molar-refractivity contribution in [3.8, 4) is 0 Å². The van der Waals surface area contributed by atoms with E-state index in [1.165, 1.54) is 0 Å². The van der Waals surface area contributed by atoms with Crippen molar-refractivity contribution in [1.29, 1.82) is 0 Å². The minimum absolute atomic E-state index is 0.00981. The SMILES string of the molecule is Cc1cc(C)cc(/C(=C2/OC(=O)c3ccccc32)[N+](=O)[O-])c1. The van der Waals surface area contributed by atoms with Crippen LogP contribution in [-0.2, 0) is 4.74 Å². The molecule has 0 radical (unpaired) electrons. The lowest BCUT2D eigenvalue weighted by atomic mass is 10.0. The summed E-state index contributed by atoms with van der Waals surface area (Å²) >= 11 is 0. The molecule has 22 heavy (non-hydrogen) atoms. The Morgan fingerprint density at radius 1 is 1.05 bits per heavy atom. The number of fused-ring (bicyclic) bond motifs is 1. The maximum absolute atomic E-state index is 11.9. The van der Waals surface area contributed by atoms with Crippen molar-refractivity contribution >= 4 is 17.4 Å². The lowest BCUT2D eigenvalue weighted by molar-refractivity contribution is -0.375. The molecule has 0 atom stereocenters. The monoisotopic (exact) mass is 295 g/mol. The van der Waals surface area contributed by atoms with E-state index in [1.807, 2.05) is 19.9 Å². The van der Waals surface area contributed by atoms with Gasteiger partial charge in [0.15, 0.2) is 0 Å². The van der Waals surface area contributed by atoms with E-state index in [2.05, 4.69) is 0 Å². The number of benzene rings is 2. The summed E-state index contributed by atoms with van der Waals surface area (Å²) in [6.07, 6.45) is 0. The van der Waals surface area contributed by atoms with Gasteiger partial charge in [-0.1, -0.05) is 35.4 Å². The Balaban J connectivity index is 2.29. The number of nitrogens with zero attached hydrogens (tertiary/aromatic N) is 1. The number of cyclic esters (lactones) is 1. The van der Waals surface area contributed by atoms with Crippen molar-refractivity contribution in [2.24, 2.45) is 0 Å². The van der Waals surface area contributed by atoms with Crippen LogP contribution in [0.2, 0.25) is 0 Å². The van der Waals surface area contributed by atoms with Gasteiger partial charge < -0.3 is 4.74 Å². The van der Waals surface area contributed by atoms with E-state index >= 15 is 0 Å². The minimum atomic E-state index is -0.561. The zero-order valence-corrected chi connectivity index (χ0v) is 12.1. The van der Waals surface area contributed by atoms with Crippen LogP contribution < -0.4 is 0 Å². The molecule has 0 unspecified atom stereocenters. The van der Waals surface area contributed by atoms with E-state index in [0.29, 0.717) is 16.7 Å². The fraction of sp³-hybridized carbons (Fsp3) is 0.118. The summed E-state index contributed by atoms with van der Waals surface area (Å²) in [6, 6.07) is 12.0. The molecule has 0 aliphatic carbocycles. The molecule has 0 aromatic heterocycles. The highest BCUT2D eigenvalue weighted by Crippen LogP contribution is 2.36. The van der Waals surface area contributed by atoms with E-state index in [4.69, 9.17) is 4.74 Å². The minimum Gasteiger partial charge on any atom is -0.415 e. The van der Waals surface area contributed by atoms with Gasteiger partial charge in [0, 0.05) is 5.56 Å². The van der Waals surface area contributed by atoms with Gasteiger partial charge in [0.1, 0.15) is 0 Å². The van der Waals surface area contributed by atoms with E-state index in [9.17, 15) is 14.9 Å². The molecule has 5 heteroatoms. The third-order valence-electron chi connectivity index (χ3n) is 3.48. The topological polar surface area (TPSA) is 69.4 Å². The Morgan fingerprint density at radius 2 is 1.64 bits per heavy atom. The van der Waals surface area contributed by atoms with Crippen LogP contribution in [0.25, 0.3) is 11.5 Å². The third kappa shape index (κ3) is 2.26. The number of hydrogen-bond acceptors (Lipinski definition) is 4. The number of carbonyl (C=O) groups is 1. The van der Waals surface area contributed by atoms with Crippen LogP contribution in [0, 0.1) is 24.0 Å². The summed E-state index contributed by atoms with van der Waals surface area (Å²) in [7, 11) is 0. The maximum Gasteiger partial charge on any atom is 0.344 e. The number of aryl methyl sites for hydroxylation is 2. The standard InChI is InChI=1S/C17H13NO4/c1-10-7-11(2)9-12(8-10)15(18(20)21)16-13-5-3-4-6-14(13)17(19)22-16/h3-9H,1-2H3/b16-15-. The van der Waals surface area contributed by atoms with Gasteiger partial charge in [-0.2, -0.15) is 0 Å². The van der Waals surface area contributed by atoms with E-state index in [-0.39, 0.29) is 11.5 Å². The van der Waals surface area contributed by atoms with Crippen molar-refractivity contribution in [3.05, 3.63) is 80.4 Å². The molecule has 0 fully saturated rings. The summed E-state index contributed by atoms with van der Waals surface area (Å²) in [6.45, 7) is 3.74. The lowest BCUT2D eigenvalue weighted by Gasteiger charge is -2.06. The first kappa shape index (κ1) is 14.0. The van der Waals surface area contributed by atoms with E-state index in [0.717, 1.165) is 11.1 Å². The lowest BCUT2D eigenvalue weighted by Crippen LogP contribution is -2.03. The molecule has 3 rings (SSSR count). The molecule has 0 amide bonds. The van der Waals surface area contributed by atoms with Gasteiger partial charge in [-0.3, -0.25) is 10.1 Å². The molecule has 110 valence electrons. The maximum atomic E-state index is 11.9. The van der Waals surface area contributed by atoms with E-state index in [1.54, 1.807) is 36.4 Å². The zero-order valence-electron chi connectivity index (χ0n) is 12.1. The molecule has 1 aliphatic heterocycles. The van der Waals surface area contributed by atoms with Gasteiger partial charge in [0.2, 0.25) is 5.76 Å². The molecule has 5 nitrogen and oxygen atoms in total. The summed E-state index contributed by atoms with van der Waals surface area (Å²) < 4.78 is 5.19. The fourth-order valence-electron chi connectivity index (χ4n) is 2.67. The van der Waals surface area contributed by atoms with Gasteiger partial charge >= 0.3 is 11.7 Å². The highest BCUT2D eigenvalue weighted by atomic mass is 16.6. The van der Waals surface area contributed by atoms with Gasteiger partial charge in [-0.15, -0.1) is 0 Å². The Bertz CT molecular complexity index is 816. The molecule has 1 aliphatic rings. The predicted molar refractivity (Wildman–Crippen MR) is 81.6 cm³/mol. The summed E-state index contributed by atoms with van der Waals surface area (Å²) in [5.74, 6) is -0.551. The number of ether oxygens (including phenoxy) is 1. The van der Waals surface area contributed by atoms with Crippen LogP contribution in [0.5, 0.6) is 0 Å². The number of nitro groups is 1. The summed E-state index contributed by atoms with van der Waals surface area (Å²) in [4.78, 5) is 23.0. The number of hydrogen-bond donors (Lipinski definition) is 0. The van der Waals surface area contributed by atoms with Crippen molar-refractivity contribution < 1.29 is 14.5 Å². The second-order valence-corrected chi connectivity index (χ2v) is 5.25. The van der Waals surface area contributed by atoms with Crippen LogP contribution in [0.15, 0.2) is 42.5 Å². The molecule has 2 aromatic rings. The Morgan fingerprint density at radius 3 is 2.23 bits per heavy atom. The third-order valence-corrected chi connectivity index (χ3v) is 3.48. The highest BCUT2D eigenvalue weighted by molar-refractivity contribution is 6.06. The summed E-state index contributed by atoms with van der Waals surface area (Å²) in [5, 5.41) is 11.6. The Hall–Kier alpha value is -2.95. The molecule has 0 spiro atoms.